The minimum Gasteiger partial charge on any atom is -0.310 e. The second-order valence-corrected chi connectivity index (χ2v) is 16.5. The van der Waals surface area contributed by atoms with Crippen molar-refractivity contribution in [1.82, 2.24) is 0 Å². The maximum Gasteiger partial charge on any atom is 0.0713 e. The first-order valence-electron chi connectivity index (χ1n) is 21.9. The summed E-state index contributed by atoms with van der Waals surface area (Å²) in [5.41, 5.74) is 17.9. The molecule has 0 heterocycles. The molecule has 0 amide bonds. The molecule has 1 aliphatic carbocycles. The SMILES string of the molecule is C(=C(\Cc1ccc(N(c2ccc(-c3ccccc3)cc2)c2ccc3c(c2)-c2ccccc2C3(c2ccccc2)c2ccccc2)cc1)c1ccccc1)/c1cccc2ccccc12. The van der Waals surface area contributed by atoms with E-state index >= 15 is 0 Å². The predicted octanol–water partition coefficient (Wildman–Crippen LogP) is 16.1. The molecule has 10 aromatic carbocycles. The Balaban J connectivity index is 1.03. The number of anilines is 3. The fraction of sp³-hybridized carbons (Fsp3) is 0.0323. The van der Waals surface area contributed by atoms with Crippen LogP contribution in [0.1, 0.15) is 38.9 Å². The number of hydrogen-bond acceptors (Lipinski definition) is 1. The Labute approximate surface area is 370 Å². The van der Waals surface area contributed by atoms with Gasteiger partial charge in [-0.15, -0.1) is 0 Å². The van der Waals surface area contributed by atoms with Crippen molar-refractivity contribution in [3.05, 3.63) is 294 Å². The number of nitrogens with zero attached hydrogens (tertiary/aromatic N) is 1. The third kappa shape index (κ3) is 6.94. The summed E-state index contributed by atoms with van der Waals surface area (Å²) in [6.45, 7) is 0. The Morgan fingerprint density at radius 1 is 0.397 bits per heavy atom. The van der Waals surface area contributed by atoms with Crippen molar-refractivity contribution in [2.75, 3.05) is 4.90 Å². The maximum absolute atomic E-state index is 2.42. The summed E-state index contributed by atoms with van der Waals surface area (Å²) in [6.07, 6.45) is 3.18. The van der Waals surface area contributed by atoms with Gasteiger partial charge in [0.1, 0.15) is 0 Å². The van der Waals surface area contributed by atoms with Gasteiger partial charge in [0.25, 0.3) is 0 Å². The van der Waals surface area contributed by atoms with Crippen LogP contribution in [0, 0.1) is 0 Å². The molecule has 0 saturated heterocycles. The van der Waals surface area contributed by atoms with Crippen molar-refractivity contribution in [3.63, 3.8) is 0 Å². The minimum atomic E-state index is -0.452. The van der Waals surface area contributed by atoms with Crippen molar-refractivity contribution < 1.29 is 0 Å². The molecule has 0 fully saturated rings. The first kappa shape index (κ1) is 38.0. The largest absolute Gasteiger partial charge is 0.310 e. The fourth-order valence-electron chi connectivity index (χ4n) is 9.89. The lowest BCUT2D eigenvalue weighted by Gasteiger charge is -2.34. The summed E-state index contributed by atoms with van der Waals surface area (Å²) in [4.78, 5) is 2.41. The number of allylic oxidation sites excluding steroid dienone is 1. The van der Waals surface area contributed by atoms with E-state index in [0.29, 0.717) is 0 Å². The van der Waals surface area contributed by atoms with Gasteiger partial charge in [-0.1, -0.05) is 224 Å². The summed E-state index contributed by atoms with van der Waals surface area (Å²) in [7, 11) is 0. The molecule has 0 atom stereocenters. The molecule has 63 heavy (non-hydrogen) atoms. The highest BCUT2D eigenvalue weighted by Gasteiger charge is 2.46. The second-order valence-electron chi connectivity index (χ2n) is 16.5. The molecule has 0 radical (unpaired) electrons. The zero-order valence-corrected chi connectivity index (χ0v) is 35.0. The number of fused-ring (bicyclic) bond motifs is 4. The van der Waals surface area contributed by atoms with E-state index in [1.165, 1.54) is 77.5 Å². The van der Waals surface area contributed by atoms with E-state index in [2.05, 4.69) is 266 Å². The van der Waals surface area contributed by atoms with Crippen LogP contribution in [-0.2, 0) is 11.8 Å². The zero-order valence-electron chi connectivity index (χ0n) is 35.0. The Morgan fingerprint density at radius 2 is 0.921 bits per heavy atom. The Kier molecular flexibility index (Phi) is 9.92. The van der Waals surface area contributed by atoms with Gasteiger partial charge in [-0.25, -0.2) is 0 Å². The summed E-state index contributed by atoms with van der Waals surface area (Å²) < 4.78 is 0. The van der Waals surface area contributed by atoms with E-state index in [1.807, 2.05) is 0 Å². The summed E-state index contributed by atoms with van der Waals surface area (Å²) in [5, 5.41) is 2.51. The quantitative estimate of drug-likeness (QED) is 0.125. The van der Waals surface area contributed by atoms with Crippen molar-refractivity contribution in [2.24, 2.45) is 0 Å². The third-order valence-corrected chi connectivity index (χ3v) is 12.8. The topological polar surface area (TPSA) is 3.24 Å². The molecule has 0 spiro atoms. The average Bonchev–Trinajstić information content (AvgIpc) is 3.66. The van der Waals surface area contributed by atoms with E-state index < -0.39 is 5.41 Å². The van der Waals surface area contributed by atoms with Crippen LogP contribution in [0.3, 0.4) is 0 Å². The van der Waals surface area contributed by atoms with Gasteiger partial charge >= 0.3 is 0 Å². The van der Waals surface area contributed by atoms with Crippen LogP contribution < -0.4 is 4.90 Å². The molecular weight excluding hydrogens is 759 g/mol. The smallest absolute Gasteiger partial charge is 0.0713 e. The summed E-state index contributed by atoms with van der Waals surface area (Å²) in [6, 6.07) is 93.0. The molecule has 1 aliphatic rings. The van der Waals surface area contributed by atoms with Gasteiger partial charge in [-0.05, 0) is 120 Å². The lowest BCUT2D eigenvalue weighted by Crippen LogP contribution is -2.28. The van der Waals surface area contributed by atoms with Crippen molar-refractivity contribution in [3.8, 4) is 22.3 Å². The van der Waals surface area contributed by atoms with Gasteiger partial charge in [-0.2, -0.15) is 0 Å². The standard InChI is InChI=1S/C62H45N/c1-5-18-46(19-6-1)48-34-38-55(39-35-48)63(54-36-32-45(33-37-54)42-51(47-20-7-2-8-21-47)43-50-24-17-23-49-22-13-14-29-57(49)50)56-40-41-61-59(44-56)58-30-15-16-31-60(58)62(61,52-25-9-3-10-26-52)53-27-11-4-12-28-53/h1-41,43-44H,42H2/b51-43-. The van der Waals surface area contributed by atoms with E-state index in [1.54, 1.807) is 0 Å². The van der Waals surface area contributed by atoms with Gasteiger partial charge in [0, 0.05) is 17.1 Å². The molecule has 0 unspecified atom stereocenters. The first-order valence-corrected chi connectivity index (χ1v) is 21.9. The molecule has 0 saturated carbocycles. The first-order chi connectivity index (χ1) is 31.2. The van der Waals surface area contributed by atoms with Crippen LogP contribution in [0.15, 0.2) is 255 Å². The van der Waals surface area contributed by atoms with E-state index in [-0.39, 0.29) is 0 Å². The lowest BCUT2D eigenvalue weighted by molar-refractivity contribution is 0.768. The molecular formula is C62H45N. The van der Waals surface area contributed by atoms with Gasteiger partial charge in [0.2, 0.25) is 0 Å². The number of benzene rings is 10. The van der Waals surface area contributed by atoms with Gasteiger partial charge in [0.15, 0.2) is 0 Å². The van der Waals surface area contributed by atoms with Crippen LogP contribution in [-0.4, -0.2) is 0 Å². The molecule has 11 rings (SSSR count). The number of rotatable bonds is 10. The van der Waals surface area contributed by atoms with Crippen LogP contribution in [0.5, 0.6) is 0 Å². The van der Waals surface area contributed by atoms with Crippen LogP contribution in [0.25, 0.3) is 44.7 Å². The summed E-state index contributed by atoms with van der Waals surface area (Å²) in [5.74, 6) is 0. The average molecular weight is 804 g/mol. The molecule has 1 nitrogen and oxygen atoms in total. The third-order valence-electron chi connectivity index (χ3n) is 12.8. The number of hydrogen-bond donors (Lipinski definition) is 0. The van der Waals surface area contributed by atoms with Crippen molar-refractivity contribution in [2.45, 2.75) is 11.8 Å². The fourth-order valence-corrected chi connectivity index (χ4v) is 9.89. The van der Waals surface area contributed by atoms with Crippen LogP contribution >= 0.6 is 0 Å². The molecule has 10 aromatic rings. The monoisotopic (exact) mass is 803 g/mol. The molecule has 0 aliphatic heterocycles. The Hall–Kier alpha value is -8.00. The highest BCUT2D eigenvalue weighted by molar-refractivity contribution is 5.96. The Morgan fingerprint density at radius 3 is 1.62 bits per heavy atom. The molecule has 1 heteroatoms. The highest BCUT2D eigenvalue weighted by atomic mass is 15.1. The van der Waals surface area contributed by atoms with Gasteiger partial charge in [0.05, 0.1) is 5.41 Å². The lowest BCUT2D eigenvalue weighted by atomic mass is 9.68. The molecule has 298 valence electrons. The van der Waals surface area contributed by atoms with Crippen molar-refractivity contribution in [1.29, 1.82) is 0 Å². The molecule has 0 N–H and O–H groups in total. The van der Waals surface area contributed by atoms with Crippen LogP contribution in [0.2, 0.25) is 0 Å². The normalized spacial score (nSPS) is 12.7. The summed E-state index contributed by atoms with van der Waals surface area (Å²) >= 11 is 0. The van der Waals surface area contributed by atoms with Gasteiger partial charge in [-0.3, -0.25) is 0 Å². The maximum atomic E-state index is 2.42. The van der Waals surface area contributed by atoms with Crippen molar-refractivity contribution >= 4 is 39.5 Å². The predicted molar refractivity (Wildman–Crippen MR) is 266 cm³/mol. The van der Waals surface area contributed by atoms with E-state index in [9.17, 15) is 0 Å². The van der Waals surface area contributed by atoms with Gasteiger partial charge < -0.3 is 4.90 Å². The minimum absolute atomic E-state index is 0.452. The molecule has 0 bridgehead atoms. The van der Waals surface area contributed by atoms with E-state index in [4.69, 9.17) is 0 Å². The van der Waals surface area contributed by atoms with E-state index in [0.717, 1.165) is 23.5 Å². The Bertz CT molecular complexity index is 3160. The zero-order chi connectivity index (χ0) is 42.0. The van der Waals surface area contributed by atoms with Crippen LogP contribution in [0.4, 0.5) is 17.1 Å². The molecule has 0 aromatic heterocycles. The highest BCUT2D eigenvalue weighted by Crippen LogP contribution is 2.57. The second kappa shape index (κ2) is 16.5.